The molecule has 4 aliphatic rings. The van der Waals surface area contributed by atoms with Gasteiger partial charge in [0.2, 0.25) is 12.5 Å². The highest BCUT2D eigenvalue weighted by Gasteiger charge is 2.46. The average molecular weight is 567 g/mol. The number of anilines is 1. The molecule has 1 saturated carbocycles. The summed E-state index contributed by atoms with van der Waals surface area (Å²) in [5.41, 5.74) is 4.77. The molecule has 3 heterocycles. The molecule has 2 unspecified atom stereocenters. The van der Waals surface area contributed by atoms with Crippen LogP contribution in [0.2, 0.25) is 0 Å². The summed E-state index contributed by atoms with van der Waals surface area (Å²) in [5.74, 6) is 1.31. The Morgan fingerprint density at radius 1 is 1.21 bits per heavy atom. The van der Waals surface area contributed by atoms with Gasteiger partial charge in [-0.25, -0.2) is 11.0 Å². The molecule has 1 amide bonds. The van der Waals surface area contributed by atoms with E-state index in [4.69, 9.17) is 21.3 Å². The zero-order valence-corrected chi connectivity index (χ0v) is 23.9. The van der Waals surface area contributed by atoms with Crippen molar-refractivity contribution in [2.75, 3.05) is 51.3 Å². The molecule has 0 radical (unpaired) electrons. The second-order valence-electron chi connectivity index (χ2n) is 12.1. The van der Waals surface area contributed by atoms with Gasteiger partial charge in [-0.15, -0.1) is 0 Å². The summed E-state index contributed by atoms with van der Waals surface area (Å²) in [4.78, 5) is 31.7. The molecule has 216 valence electrons. The van der Waals surface area contributed by atoms with Crippen LogP contribution in [0.25, 0.3) is 26.9 Å². The van der Waals surface area contributed by atoms with Crippen molar-refractivity contribution >= 4 is 22.6 Å². The molecule has 3 fully saturated rings. The van der Waals surface area contributed by atoms with Crippen LogP contribution in [0.4, 0.5) is 10.2 Å². The normalized spacial score (nSPS) is 24.8. The average Bonchev–Trinajstić information content (AvgIpc) is 3.47. The van der Waals surface area contributed by atoms with Gasteiger partial charge < -0.3 is 24.3 Å². The summed E-state index contributed by atoms with van der Waals surface area (Å²) < 4.78 is 22.3. The number of rotatable bonds is 7. The number of halogens is 1. The van der Waals surface area contributed by atoms with Gasteiger partial charge in [-0.05, 0) is 86.0 Å². The molecule has 3 aromatic rings. The van der Waals surface area contributed by atoms with E-state index in [-0.39, 0.29) is 30.3 Å². The number of likely N-dealkylation sites (N-methyl/N-ethyl adjacent to an activating group) is 1. The number of likely N-dealkylation sites (tertiary alicyclic amines) is 1. The van der Waals surface area contributed by atoms with Crippen molar-refractivity contribution in [1.82, 2.24) is 19.8 Å². The van der Waals surface area contributed by atoms with Crippen molar-refractivity contribution in [1.29, 1.82) is 0 Å². The maximum atomic E-state index is 16.1. The Morgan fingerprint density at radius 2 is 2.10 bits per heavy atom. The number of benzene rings is 2. The van der Waals surface area contributed by atoms with Gasteiger partial charge in [0.15, 0.2) is 0 Å². The number of nitrogens with zero attached hydrogens (tertiary/aromatic N) is 6. The topological polar surface area (TPSA) is 66.2 Å². The molecule has 8 nitrogen and oxygen atoms in total. The predicted molar refractivity (Wildman–Crippen MR) is 160 cm³/mol. The summed E-state index contributed by atoms with van der Waals surface area (Å²) in [5, 5.41) is 0.600. The first-order valence-electron chi connectivity index (χ1n) is 14.9. The lowest BCUT2D eigenvalue weighted by molar-refractivity contribution is -0.128. The first kappa shape index (κ1) is 26.8. The molecule has 7 rings (SSSR count). The fourth-order valence-corrected chi connectivity index (χ4v) is 7.27. The molecular weight excluding hydrogens is 531 g/mol. The van der Waals surface area contributed by atoms with Crippen molar-refractivity contribution in [2.24, 2.45) is 5.92 Å². The number of amides is 1. The second-order valence-corrected chi connectivity index (χ2v) is 12.1. The predicted octanol–water partition coefficient (Wildman–Crippen LogP) is 4.69. The quantitative estimate of drug-likeness (QED) is 0.306. The molecule has 0 spiro atoms. The van der Waals surface area contributed by atoms with Gasteiger partial charge in [0.1, 0.15) is 24.3 Å². The molecule has 9 heteroatoms. The first-order chi connectivity index (χ1) is 20.4. The van der Waals surface area contributed by atoms with E-state index in [1.54, 1.807) is 11.0 Å². The monoisotopic (exact) mass is 566 g/mol. The van der Waals surface area contributed by atoms with Crippen LogP contribution in [-0.2, 0) is 11.2 Å². The lowest BCUT2D eigenvalue weighted by Gasteiger charge is -2.39. The molecule has 1 aromatic heterocycles. The van der Waals surface area contributed by atoms with Crippen LogP contribution in [0.5, 0.6) is 6.01 Å². The first-order valence-corrected chi connectivity index (χ1v) is 14.9. The van der Waals surface area contributed by atoms with Crippen LogP contribution in [0, 0.1) is 18.3 Å². The molecule has 2 aromatic carbocycles. The van der Waals surface area contributed by atoms with E-state index in [9.17, 15) is 4.79 Å². The molecule has 4 atom stereocenters. The van der Waals surface area contributed by atoms with Crippen LogP contribution in [-0.4, -0.2) is 84.1 Å². The molecule has 2 aliphatic carbocycles. The van der Waals surface area contributed by atoms with Gasteiger partial charge in [0, 0.05) is 36.6 Å². The van der Waals surface area contributed by atoms with Crippen LogP contribution in [0.3, 0.4) is 0 Å². The van der Waals surface area contributed by atoms with Crippen LogP contribution >= 0.6 is 0 Å². The zero-order chi connectivity index (χ0) is 29.0. The van der Waals surface area contributed by atoms with E-state index in [2.05, 4.69) is 29.4 Å². The van der Waals surface area contributed by atoms with Gasteiger partial charge in [-0.3, -0.25) is 4.79 Å². The molecule has 0 N–H and O–H groups in total. The SMILES string of the molecule is [C-]#[N+]C[C@H]1CN(c2nc(OC[C@@H]3CCCN3C)nc3cc(-c4cccc5c4C4CC4C5)c(F)cc23)CCN1C(=O)C=C. The van der Waals surface area contributed by atoms with E-state index in [0.717, 1.165) is 31.4 Å². The number of hydrogen-bond donors (Lipinski definition) is 0. The standard InChI is InChI=1S/C33H35FN6O2/c1-4-30(41)40-12-11-39(18-23(40)17-35-2)32-27-15-28(34)26(24-9-5-7-20-13-21-14-25(21)31(20)24)16-29(27)36-33(37-32)42-19-22-8-6-10-38(22)3/h4-5,7,9,15-16,21-23,25H,1,6,8,10-14,17-19H2,3H3/t21?,22-,23-,25?/m0/s1. The number of ether oxygens (including phenoxy) is 1. The third-order valence-electron chi connectivity index (χ3n) is 9.62. The summed E-state index contributed by atoms with van der Waals surface area (Å²) in [6.45, 7) is 14.1. The minimum atomic E-state index is -0.328. The number of hydrogen-bond acceptors (Lipinski definition) is 6. The van der Waals surface area contributed by atoms with E-state index >= 15 is 4.39 Å². The molecule has 42 heavy (non-hydrogen) atoms. The Morgan fingerprint density at radius 3 is 2.88 bits per heavy atom. The van der Waals surface area contributed by atoms with Gasteiger partial charge >= 0.3 is 6.01 Å². The van der Waals surface area contributed by atoms with E-state index in [0.29, 0.717) is 66.4 Å². The summed E-state index contributed by atoms with van der Waals surface area (Å²) in [6, 6.07) is 9.88. The Hall–Kier alpha value is -4.03. The highest BCUT2D eigenvalue weighted by Crippen LogP contribution is 2.58. The van der Waals surface area contributed by atoms with Crippen LogP contribution in [0.1, 0.15) is 36.3 Å². The Bertz CT molecular complexity index is 1620. The maximum absolute atomic E-state index is 16.1. The van der Waals surface area contributed by atoms with Crippen molar-refractivity contribution in [3.8, 4) is 17.1 Å². The van der Waals surface area contributed by atoms with Gasteiger partial charge in [-0.1, -0.05) is 24.8 Å². The van der Waals surface area contributed by atoms with Gasteiger partial charge in [0.05, 0.1) is 5.52 Å². The largest absolute Gasteiger partial charge is 0.462 e. The lowest BCUT2D eigenvalue weighted by Crippen LogP contribution is -2.56. The van der Waals surface area contributed by atoms with Crippen molar-refractivity contribution in [2.45, 2.75) is 43.7 Å². The lowest BCUT2D eigenvalue weighted by atomic mass is 9.93. The Labute approximate surface area is 245 Å². The summed E-state index contributed by atoms with van der Waals surface area (Å²) >= 11 is 0. The van der Waals surface area contributed by atoms with E-state index in [1.165, 1.54) is 23.6 Å². The highest BCUT2D eigenvalue weighted by atomic mass is 19.1. The molecule has 0 bridgehead atoms. The highest BCUT2D eigenvalue weighted by molar-refractivity contribution is 5.94. The van der Waals surface area contributed by atoms with Crippen molar-refractivity contribution in [3.05, 3.63) is 71.3 Å². The molecular formula is C33H35FN6O2. The molecule has 2 saturated heterocycles. The maximum Gasteiger partial charge on any atom is 0.319 e. The fourth-order valence-electron chi connectivity index (χ4n) is 7.27. The number of aromatic nitrogens is 2. The van der Waals surface area contributed by atoms with Crippen LogP contribution < -0.4 is 9.64 Å². The second kappa shape index (κ2) is 10.7. The Kier molecular flexibility index (Phi) is 6.82. The van der Waals surface area contributed by atoms with Crippen molar-refractivity contribution in [3.63, 3.8) is 0 Å². The summed E-state index contributed by atoms with van der Waals surface area (Å²) in [6.07, 6.45) is 5.75. The molecule has 2 aliphatic heterocycles. The fraction of sp³-hybridized carbons (Fsp3) is 0.455. The number of fused-ring (bicyclic) bond motifs is 4. The zero-order valence-electron chi connectivity index (χ0n) is 23.9. The van der Waals surface area contributed by atoms with E-state index in [1.807, 2.05) is 23.1 Å². The van der Waals surface area contributed by atoms with Crippen molar-refractivity contribution < 1.29 is 13.9 Å². The Balaban J connectivity index is 1.29. The smallest absolute Gasteiger partial charge is 0.319 e. The summed E-state index contributed by atoms with van der Waals surface area (Å²) in [7, 11) is 2.10. The number of carbonyl (C=O) groups excluding carboxylic acids is 1. The number of carbonyl (C=O) groups is 1. The minimum Gasteiger partial charge on any atom is -0.462 e. The third kappa shape index (κ3) is 4.68. The van der Waals surface area contributed by atoms with Crippen LogP contribution in [0.15, 0.2) is 43.0 Å². The third-order valence-corrected chi connectivity index (χ3v) is 9.62. The number of piperazine rings is 1. The van der Waals surface area contributed by atoms with E-state index < -0.39 is 0 Å². The van der Waals surface area contributed by atoms with Gasteiger partial charge in [-0.2, -0.15) is 9.97 Å². The van der Waals surface area contributed by atoms with Gasteiger partial charge in [0.25, 0.3) is 0 Å². The minimum absolute atomic E-state index is 0.163.